The van der Waals surface area contributed by atoms with E-state index < -0.39 is 22.2 Å². The molecule has 112 valence electrons. The third-order valence-corrected chi connectivity index (χ3v) is 5.52. The van der Waals surface area contributed by atoms with Crippen molar-refractivity contribution in [3.8, 4) is 0 Å². The molecule has 1 heterocycles. The second-order valence-electron chi connectivity index (χ2n) is 5.33. The van der Waals surface area contributed by atoms with E-state index in [9.17, 15) is 13.5 Å². The first-order valence-electron chi connectivity index (χ1n) is 6.70. The maximum atomic E-state index is 12.6. The number of hydrogen-bond donors (Lipinski definition) is 3. The van der Waals surface area contributed by atoms with Crippen molar-refractivity contribution in [3.63, 3.8) is 0 Å². The fourth-order valence-electron chi connectivity index (χ4n) is 2.88. The predicted molar refractivity (Wildman–Crippen MR) is 77.3 cm³/mol. The highest BCUT2D eigenvalue weighted by atomic mass is 32.2. The molecule has 0 fully saturated rings. The average molecular weight is 307 g/mol. The third-order valence-electron chi connectivity index (χ3n) is 3.82. The SMILES string of the molecule is Cc1n[nH]c(C)c1S(=O)(=O)N[C@@H]1c2ccccc2C[C@@H]1O. The van der Waals surface area contributed by atoms with Gasteiger partial charge in [0, 0.05) is 6.42 Å². The van der Waals surface area contributed by atoms with E-state index in [0.29, 0.717) is 17.8 Å². The Bertz CT molecular complexity index is 763. The minimum Gasteiger partial charge on any atom is -0.391 e. The lowest BCUT2D eigenvalue weighted by Crippen LogP contribution is -2.34. The Morgan fingerprint density at radius 2 is 2.05 bits per heavy atom. The Morgan fingerprint density at radius 1 is 1.33 bits per heavy atom. The van der Waals surface area contributed by atoms with Gasteiger partial charge in [0.25, 0.3) is 0 Å². The second-order valence-corrected chi connectivity index (χ2v) is 6.98. The number of fused-ring (bicyclic) bond motifs is 1. The zero-order valence-electron chi connectivity index (χ0n) is 11.8. The Labute approximate surface area is 123 Å². The monoisotopic (exact) mass is 307 g/mol. The summed E-state index contributed by atoms with van der Waals surface area (Å²) in [6, 6.07) is 6.84. The van der Waals surface area contributed by atoms with Crippen molar-refractivity contribution in [3.05, 3.63) is 46.8 Å². The van der Waals surface area contributed by atoms with Crippen molar-refractivity contribution in [1.29, 1.82) is 0 Å². The normalized spacial score (nSPS) is 21.5. The van der Waals surface area contributed by atoms with Gasteiger partial charge < -0.3 is 5.11 Å². The van der Waals surface area contributed by atoms with Crippen molar-refractivity contribution in [1.82, 2.24) is 14.9 Å². The summed E-state index contributed by atoms with van der Waals surface area (Å²) >= 11 is 0. The molecular formula is C14H17N3O3S. The molecular weight excluding hydrogens is 290 g/mol. The van der Waals surface area contributed by atoms with Gasteiger partial charge in [-0.2, -0.15) is 5.10 Å². The average Bonchev–Trinajstić information content (AvgIpc) is 2.91. The molecule has 0 saturated heterocycles. The molecule has 1 aliphatic rings. The fraction of sp³-hybridized carbons (Fsp3) is 0.357. The standard InChI is InChI=1S/C14H17N3O3S/c1-8-14(9(2)16-15-8)21(19,20)17-13-11-6-4-3-5-10(11)7-12(13)18/h3-6,12-13,17-18H,7H2,1-2H3,(H,15,16)/t12-,13+/m0/s1. The number of hydrogen-bond acceptors (Lipinski definition) is 4. The molecule has 0 radical (unpaired) electrons. The molecule has 1 aromatic heterocycles. The van der Waals surface area contributed by atoms with Crippen molar-refractivity contribution in [2.45, 2.75) is 37.3 Å². The molecule has 2 atom stereocenters. The first kappa shape index (κ1) is 14.2. The molecule has 0 amide bonds. The number of aryl methyl sites for hydroxylation is 2. The van der Waals surface area contributed by atoms with Crippen LogP contribution in [-0.2, 0) is 16.4 Å². The van der Waals surface area contributed by atoms with Gasteiger partial charge in [0.1, 0.15) is 4.90 Å². The molecule has 0 unspecified atom stereocenters. The number of aliphatic hydroxyl groups is 1. The van der Waals surface area contributed by atoms with Crippen LogP contribution in [0.2, 0.25) is 0 Å². The number of sulfonamides is 1. The Hall–Kier alpha value is -1.70. The smallest absolute Gasteiger partial charge is 0.244 e. The van der Waals surface area contributed by atoms with Crippen LogP contribution in [0.25, 0.3) is 0 Å². The van der Waals surface area contributed by atoms with E-state index in [2.05, 4.69) is 14.9 Å². The van der Waals surface area contributed by atoms with Gasteiger partial charge in [0.2, 0.25) is 10.0 Å². The molecule has 2 aromatic rings. The number of nitrogens with zero attached hydrogens (tertiary/aromatic N) is 1. The third kappa shape index (κ3) is 2.37. The van der Waals surface area contributed by atoms with Crippen LogP contribution in [0.1, 0.15) is 28.6 Å². The van der Waals surface area contributed by atoms with E-state index in [1.165, 1.54) is 0 Å². The largest absolute Gasteiger partial charge is 0.391 e. The Morgan fingerprint density at radius 3 is 2.71 bits per heavy atom. The van der Waals surface area contributed by atoms with Gasteiger partial charge in [-0.15, -0.1) is 0 Å². The lowest BCUT2D eigenvalue weighted by molar-refractivity contribution is 0.151. The zero-order valence-corrected chi connectivity index (χ0v) is 12.6. The summed E-state index contributed by atoms with van der Waals surface area (Å²) in [5.41, 5.74) is 2.70. The number of aromatic nitrogens is 2. The maximum Gasteiger partial charge on any atom is 0.244 e. The van der Waals surface area contributed by atoms with Crippen molar-refractivity contribution < 1.29 is 13.5 Å². The summed E-state index contributed by atoms with van der Waals surface area (Å²) in [6.07, 6.45) is -0.308. The minimum atomic E-state index is -3.74. The molecule has 1 aliphatic carbocycles. The van der Waals surface area contributed by atoms with Gasteiger partial charge in [-0.25, -0.2) is 13.1 Å². The van der Waals surface area contributed by atoms with Crippen molar-refractivity contribution in [2.24, 2.45) is 0 Å². The lowest BCUT2D eigenvalue weighted by Gasteiger charge is -2.18. The number of nitrogens with one attached hydrogen (secondary N) is 2. The van der Waals surface area contributed by atoms with Crippen LogP contribution in [0.4, 0.5) is 0 Å². The van der Waals surface area contributed by atoms with Crippen LogP contribution in [0.5, 0.6) is 0 Å². The van der Waals surface area contributed by atoms with Gasteiger partial charge in [-0.1, -0.05) is 24.3 Å². The highest BCUT2D eigenvalue weighted by Gasteiger charge is 2.35. The summed E-state index contributed by atoms with van der Waals surface area (Å²) in [5.74, 6) is 0. The van der Waals surface area contributed by atoms with Crippen LogP contribution >= 0.6 is 0 Å². The van der Waals surface area contributed by atoms with E-state index in [1.807, 2.05) is 24.3 Å². The van der Waals surface area contributed by atoms with Crippen LogP contribution < -0.4 is 4.72 Å². The topological polar surface area (TPSA) is 95.1 Å². The van der Waals surface area contributed by atoms with Crippen LogP contribution in [0.15, 0.2) is 29.2 Å². The highest BCUT2D eigenvalue weighted by molar-refractivity contribution is 7.89. The van der Waals surface area contributed by atoms with E-state index in [4.69, 9.17) is 0 Å². The Kier molecular flexibility index (Phi) is 3.35. The second kappa shape index (κ2) is 4.94. The summed E-state index contributed by atoms with van der Waals surface area (Å²) in [7, 11) is -3.74. The van der Waals surface area contributed by atoms with Gasteiger partial charge in [0.05, 0.1) is 23.5 Å². The number of aromatic amines is 1. The molecule has 3 rings (SSSR count). The molecule has 3 N–H and O–H groups in total. The number of rotatable bonds is 3. The summed E-state index contributed by atoms with van der Waals surface area (Å²) in [4.78, 5) is 0.152. The van der Waals surface area contributed by atoms with Crippen molar-refractivity contribution >= 4 is 10.0 Å². The van der Waals surface area contributed by atoms with Crippen LogP contribution in [-0.4, -0.2) is 29.8 Å². The molecule has 7 heteroatoms. The number of H-pyrrole nitrogens is 1. The van der Waals surface area contributed by atoms with Gasteiger partial charge in [0.15, 0.2) is 0 Å². The molecule has 21 heavy (non-hydrogen) atoms. The predicted octanol–water partition coefficient (Wildman–Crippen LogP) is 0.963. The van der Waals surface area contributed by atoms with Gasteiger partial charge >= 0.3 is 0 Å². The van der Waals surface area contributed by atoms with Crippen molar-refractivity contribution in [2.75, 3.05) is 0 Å². The molecule has 1 aromatic carbocycles. The Balaban J connectivity index is 1.97. The van der Waals surface area contributed by atoms with E-state index >= 15 is 0 Å². The molecule has 0 bridgehead atoms. The van der Waals surface area contributed by atoms with Gasteiger partial charge in [-0.05, 0) is 25.0 Å². The van der Waals surface area contributed by atoms with E-state index in [-0.39, 0.29) is 4.90 Å². The molecule has 6 nitrogen and oxygen atoms in total. The lowest BCUT2D eigenvalue weighted by atomic mass is 10.1. The van der Waals surface area contributed by atoms with Crippen LogP contribution in [0, 0.1) is 13.8 Å². The first-order chi connectivity index (χ1) is 9.90. The maximum absolute atomic E-state index is 12.6. The first-order valence-corrected chi connectivity index (χ1v) is 8.18. The molecule has 0 spiro atoms. The minimum absolute atomic E-state index is 0.152. The summed E-state index contributed by atoms with van der Waals surface area (Å²) in [5, 5.41) is 16.7. The zero-order chi connectivity index (χ0) is 15.2. The van der Waals surface area contributed by atoms with Gasteiger partial charge in [-0.3, -0.25) is 5.10 Å². The quantitative estimate of drug-likeness (QED) is 0.787. The van der Waals surface area contributed by atoms with E-state index in [0.717, 1.165) is 11.1 Å². The summed E-state index contributed by atoms with van der Waals surface area (Å²) < 4.78 is 27.7. The number of aliphatic hydroxyl groups excluding tert-OH is 1. The fourth-order valence-corrected chi connectivity index (χ4v) is 4.50. The van der Waals surface area contributed by atoms with E-state index in [1.54, 1.807) is 13.8 Å². The molecule has 0 aliphatic heterocycles. The highest BCUT2D eigenvalue weighted by Crippen LogP contribution is 2.33. The molecule has 0 saturated carbocycles. The van der Waals surface area contributed by atoms with Crippen LogP contribution in [0.3, 0.4) is 0 Å². The summed E-state index contributed by atoms with van der Waals surface area (Å²) in [6.45, 7) is 3.30. The number of benzene rings is 1.